The van der Waals surface area contributed by atoms with E-state index in [1.165, 1.54) is 6.07 Å². The van der Waals surface area contributed by atoms with Gasteiger partial charge in [0.2, 0.25) is 0 Å². The summed E-state index contributed by atoms with van der Waals surface area (Å²) in [6, 6.07) is 4.49. The van der Waals surface area contributed by atoms with Crippen LogP contribution in [0.25, 0.3) is 0 Å². The molecule has 1 fully saturated rings. The number of halogens is 1. The van der Waals surface area contributed by atoms with Crippen LogP contribution in [0.5, 0.6) is 0 Å². The van der Waals surface area contributed by atoms with E-state index in [1.54, 1.807) is 17.0 Å². The summed E-state index contributed by atoms with van der Waals surface area (Å²) < 4.78 is 13.7. The smallest absolute Gasteiger partial charge is 0.303 e. The molecule has 0 aromatic heterocycles. The summed E-state index contributed by atoms with van der Waals surface area (Å²) in [7, 11) is 0. The first-order valence-corrected chi connectivity index (χ1v) is 6.74. The summed E-state index contributed by atoms with van der Waals surface area (Å²) in [6.07, 6.45) is 1.47. The molecule has 1 amide bonds. The minimum Gasteiger partial charge on any atom is -0.481 e. The van der Waals surface area contributed by atoms with Crippen molar-refractivity contribution in [2.45, 2.75) is 26.2 Å². The Bertz CT molecular complexity index is 530. The fraction of sp³-hybridized carbons (Fsp3) is 0.467. The van der Waals surface area contributed by atoms with Gasteiger partial charge in [-0.15, -0.1) is 0 Å². The molecule has 1 unspecified atom stereocenters. The Morgan fingerprint density at radius 1 is 1.45 bits per heavy atom. The third-order valence-corrected chi connectivity index (χ3v) is 3.69. The Labute approximate surface area is 117 Å². The van der Waals surface area contributed by atoms with Crippen LogP contribution in [-0.2, 0) is 4.79 Å². The Morgan fingerprint density at radius 3 is 2.90 bits per heavy atom. The largest absolute Gasteiger partial charge is 0.481 e. The quantitative estimate of drug-likeness (QED) is 0.921. The van der Waals surface area contributed by atoms with Gasteiger partial charge in [0.25, 0.3) is 5.91 Å². The molecule has 4 nitrogen and oxygen atoms in total. The van der Waals surface area contributed by atoms with E-state index in [4.69, 9.17) is 5.11 Å². The number of carboxylic acids is 1. The lowest BCUT2D eigenvalue weighted by atomic mass is 10.0. The zero-order chi connectivity index (χ0) is 14.7. The molecule has 1 N–H and O–H groups in total. The summed E-state index contributed by atoms with van der Waals surface area (Å²) in [5.74, 6) is -1.43. The van der Waals surface area contributed by atoms with E-state index in [2.05, 4.69) is 0 Å². The second-order valence-electron chi connectivity index (χ2n) is 5.32. The number of amides is 1. The fourth-order valence-corrected chi connectivity index (χ4v) is 2.55. The number of hydrogen-bond acceptors (Lipinski definition) is 2. The van der Waals surface area contributed by atoms with Crippen LogP contribution in [0.3, 0.4) is 0 Å². The molecule has 1 aliphatic heterocycles. The van der Waals surface area contributed by atoms with Gasteiger partial charge in [0, 0.05) is 19.5 Å². The Morgan fingerprint density at radius 2 is 2.20 bits per heavy atom. The van der Waals surface area contributed by atoms with Crippen molar-refractivity contribution in [3.05, 3.63) is 35.1 Å². The normalized spacial score (nSPS) is 18.3. The number of carboxylic acid groups (broad SMARTS) is 1. The van der Waals surface area contributed by atoms with Gasteiger partial charge in [-0.2, -0.15) is 0 Å². The van der Waals surface area contributed by atoms with Crippen LogP contribution >= 0.6 is 0 Å². The number of aliphatic carboxylic acids is 1. The van der Waals surface area contributed by atoms with Crippen LogP contribution in [0.1, 0.15) is 35.2 Å². The van der Waals surface area contributed by atoms with Gasteiger partial charge in [-0.1, -0.05) is 11.6 Å². The van der Waals surface area contributed by atoms with Gasteiger partial charge >= 0.3 is 5.97 Å². The van der Waals surface area contributed by atoms with E-state index in [0.717, 1.165) is 12.0 Å². The lowest BCUT2D eigenvalue weighted by molar-refractivity contribution is -0.137. The maximum absolute atomic E-state index is 13.7. The van der Waals surface area contributed by atoms with E-state index in [1.807, 2.05) is 6.92 Å². The molecular formula is C15H18FNO3. The molecule has 1 heterocycles. The van der Waals surface area contributed by atoms with Crippen LogP contribution in [0.15, 0.2) is 18.2 Å². The second-order valence-corrected chi connectivity index (χ2v) is 5.32. The Hall–Kier alpha value is -1.91. The number of nitrogens with zero attached hydrogens (tertiary/aromatic N) is 1. The molecular weight excluding hydrogens is 261 g/mol. The fourth-order valence-electron chi connectivity index (χ4n) is 2.55. The third kappa shape index (κ3) is 3.35. The highest BCUT2D eigenvalue weighted by atomic mass is 19.1. The maximum Gasteiger partial charge on any atom is 0.303 e. The molecule has 0 spiro atoms. The first-order chi connectivity index (χ1) is 9.47. The Kier molecular flexibility index (Phi) is 4.37. The minimum absolute atomic E-state index is 0.101. The molecule has 1 aliphatic rings. The number of likely N-dealkylation sites (tertiary alicyclic amines) is 1. The van der Waals surface area contributed by atoms with Crippen molar-refractivity contribution >= 4 is 11.9 Å². The molecule has 2 rings (SSSR count). The van der Waals surface area contributed by atoms with Gasteiger partial charge in [0.05, 0.1) is 5.56 Å². The highest BCUT2D eigenvalue weighted by Crippen LogP contribution is 2.23. The molecule has 108 valence electrons. The third-order valence-electron chi connectivity index (χ3n) is 3.69. The molecule has 5 heteroatoms. The molecule has 1 atom stereocenters. The van der Waals surface area contributed by atoms with E-state index >= 15 is 0 Å². The second kappa shape index (κ2) is 6.03. The summed E-state index contributed by atoms with van der Waals surface area (Å²) in [5.41, 5.74) is 0.945. The van der Waals surface area contributed by atoms with Gasteiger partial charge in [-0.05, 0) is 37.8 Å². The van der Waals surface area contributed by atoms with Crippen LogP contribution in [0.4, 0.5) is 4.39 Å². The summed E-state index contributed by atoms with van der Waals surface area (Å²) >= 11 is 0. The van der Waals surface area contributed by atoms with E-state index in [0.29, 0.717) is 19.5 Å². The number of rotatable bonds is 4. The SMILES string of the molecule is Cc1ccc(F)c(C(=O)N2CCC(CCC(=O)O)C2)c1. The molecule has 0 saturated carbocycles. The number of hydrogen-bond donors (Lipinski definition) is 1. The van der Waals surface area contributed by atoms with Crippen LogP contribution < -0.4 is 0 Å². The average Bonchev–Trinajstić information content (AvgIpc) is 2.87. The first-order valence-electron chi connectivity index (χ1n) is 6.74. The molecule has 1 aromatic carbocycles. The van der Waals surface area contributed by atoms with E-state index in [9.17, 15) is 14.0 Å². The number of carbonyl (C=O) groups is 2. The van der Waals surface area contributed by atoms with Gasteiger partial charge in [-0.25, -0.2) is 4.39 Å². The maximum atomic E-state index is 13.7. The van der Waals surface area contributed by atoms with Gasteiger partial charge in [0.15, 0.2) is 0 Å². The zero-order valence-corrected chi connectivity index (χ0v) is 11.4. The standard InChI is InChI=1S/C15H18FNO3/c1-10-2-4-13(16)12(8-10)15(20)17-7-6-11(9-17)3-5-14(18)19/h2,4,8,11H,3,5-7,9H2,1H3,(H,18,19). The topological polar surface area (TPSA) is 57.6 Å². The number of benzene rings is 1. The first kappa shape index (κ1) is 14.5. The predicted octanol–water partition coefficient (Wildman–Crippen LogP) is 2.46. The predicted molar refractivity (Wildman–Crippen MR) is 72.0 cm³/mol. The summed E-state index contributed by atoms with van der Waals surface area (Å²) in [6.45, 7) is 2.89. The highest BCUT2D eigenvalue weighted by molar-refractivity contribution is 5.94. The van der Waals surface area contributed by atoms with Crippen molar-refractivity contribution in [2.24, 2.45) is 5.92 Å². The van der Waals surface area contributed by atoms with Crippen LogP contribution in [0, 0.1) is 18.7 Å². The zero-order valence-electron chi connectivity index (χ0n) is 11.4. The van der Waals surface area contributed by atoms with Gasteiger partial charge < -0.3 is 10.0 Å². The van der Waals surface area contributed by atoms with E-state index in [-0.39, 0.29) is 23.8 Å². The Balaban J connectivity index is 2.00. The summed E-state index contributed by atoms with van der Waals surface area (Å²) in [5, 5.41) is 8.66. The molecule has 0 radical (unpaired) electrons. The molecule has 0 bridgehead atoms. The average molecular weight is 279 g/mol. The number of aryl methyl sites for hydroxylation is 1. The molecule has 1 saturated heterocycles. The minimum atomic E-state index is -0.820. The van der Waals surface area contributed by atoms with Gasteiger partial charge in [0.1, 0.15) is 5.82 Å². The van der Waals surface area contributed by atoms with Crippen LogP contribution in [-0.4, -0.2) is 35.0 Å². The van der Waals surface area contributed by atoms with Crippen molar-refractivity contribution in [2.75, 3.05) is 13.1 Å². The van der Waals surface area contributed by atoms with Crippen molar-refractivity contribution < 1.29 is 19.1 Å². The van der Waals surface area contributed by atoms with E-state index < -0.39 is 11.8 Å². The van der Waals surface area contributed by atoms with Crippen molar-refractivity contribution in [1.29, 1.82) is 0 Å². The highest BCUT2D eigenvalue weighted by Gasteiger charge is 2.28. The van der Waals surface area contributed by atoms with Crippen LogP contribution in [0.2, 0.25) is 0 Å². The van der Waals surface area contributed by atoms with Crippen molar-refractivity contribution in [3.8, 4) is 0 Å². The molecule has 20 heavy (non-hydrogen) atoms. The molecule has 0 aliphatic carbocycles. The molecule has 1 aromatic rings. The van der Waals surface area contributed by atoms with Crippen molar-refractivity contribution in [1.82, 2.24) is 4.90 Å². The monoisotopic (exact) mass is 279 g/mol. The summed E-state index contributed by atoms with van der Waals surface area (Å²) in [4.78, 5) is 24.4. The number of carbonyl (C=O) groups excluding carboxylic acids is 1. The van der Waals surface area contributed by atoms with Crippen molar-refractivity contribution in [3.63, 3.8) is 0 Å². The van der Waals surface area contributed by atoms with Gasteiger partial charge in [-0.3, -0.25) is 9.59 Å². The lowest BCUT2D eigenvalue weighted by Crippen LogP contribution is -2.29. The lowest BCUT2D eigenvalue weighted by Gasteiger charge is -2.17.